The van der Waals surface area contributed by atoms with Crippen molar-refractivity contribution in [3.63, 3.8) is 0 Å². The first-order valence-electron chi connectivity index (χ1n) is 12.3. The third-order valence-corrected chi connectivity index (χ3v) is 7.01. The number of aryl methyl sites for hydroxylation is 2. The van der Waals surface area contributed by atoms with Crippen molar-refractivity contribution < 1.29 is 9.59 Å². The molecule has 2 amide bonds. The monoisotopic (exact) mass is 524 g/mol. The topological polar surface area (TPSA) is 49.4 Å². The van der Waals surface area contributed by atoms with Crippen LogP contribution in [-0.4, -0.2) is 28.8 Å². The van der Waals surface area contributed by atoms with E-state index in [4.69, 9.17) is 23.2 Å². The Kier molecular flexibility index (Phi) is 9.98. The van der Waals surface area contributed by atoms with Gasteiger partial charge in [-0.05, 0) is 50.5 Å². The largest absolute Gasteiger partial charge is 0.352 e. The summed E-state index contributed by atoms with van der Waals surface area (Å²) in [7, 11) is 0. The number of halogens is 2. The molecule has 190 valence electrons. The molecule has 0 heterocycles. The molecule has 0 saturated heterocycles. The van der Waals surface area contributed by atoms with Gasteiger partial charge >= 0.3 is 0 Å². The van der Waals surface area contributed by atoms with Crippen molar-refractivity contribution in [2.24, 2.45) is 0 Å². The Morgan fingerprint density at radius 2 is 1.50 bits per heavy atom. The first kappa shape index (κ1) is 27.8. The van der Waals surface area contributed by atoms with Crippen LogP contribution < -0.4 is 5.32 Å². The number of nitrogens with one attached hydrogen (secondary N) is 1. The van der Waals surface area contributed by atoms with Gasteiger partial charge in [-0.3, -0.25) is 9.59 Å². The van der Waals surface area contributed by atoms with E-state index in [9.17, 15) is 9.59 Å². The number of amides is 2. The minimum atomic E-state index is -0.729. The summed E-state index contributed by atoms with van der Waals surface area (Å²) < 4.78 is 0. The van der Waals surface area contributed by atoms with Gasteiger partial charge in [0.1, 0.15) is 6.04 Å². The molecule has 0 aliphatic carbocycles. The van der Waals surface area contributed by atoms with Crippen LogP contribution in [0.25, 0.3) is 0 Å². The number of hydrogen-bond acceptors (Lipinski definition) is 2. The number of carbonyl (C=O) groups excluding carboxylic acids is 2. The maximum absolute atomic E-state index is 13.9. The van der Waals surface area contributed by atoms with Crippen LogP contribution in [0.4, 0.5) is 0 Å². The van der Waals surface area contributed by atoms with E-state index in [-0.39, 0.29) is 30.8 Å². The predicted molar refractivity (Wildman–Crippen MR) is 148 cm³/mol. The van der Waals surface area contributed by atoms with Gasteiger partial charge in [0, 0.05) is 34.6 Å². The second-order valence-corrected chi connectivity index (χ2v) is 10.2. The Hall–Kier alpha value is -2.82. The summed E-state index contributed by atoms with van der Waals surface area (Å²) in [6.07, 6.45) is 1.34. The van der Waals surface area contributed by atoms with Crippen LogP contribution >= 0.6 is 23.2 Å². The summed E-state index contributed by atoms with van der Waals surface area (Å²) in [6, 6.07) is 20.4. The Morgan fingerprint density at radius 3 is 2.08 bits per heavy atom. The standard InChI is InChI=1S/C30H34Cl2N2O2/c1-5-22(4)33-30(36)28(17-23-10-7-6-8-11-23)34(19-25-26(31)12-9-13-27(25)32)29(35)18-24-15-20(2)14-21(3)16-24/h6-16,22,28H,5,17-19H2,1-4H3,(H,33,36)/t22-,28-/m1/s1. The van der Waals surface area contributed by atoms with Gasteiger partial charge in [-0.15, -0.1) is 0 Å². The third kappa shape index (κ3) is 7.59. The second-order valence-electron chi connectivity index (χ2n) is 9.42. The highest BCUT2D eigenvalue weighted by Gasteiger charge is 2.32. The predicted octanol–water partition coefficient (Wildman–Crippen LogP) is 6.71. The van der Waals surface area contributed by atoms with Gasteiger partial charge in [0.25, 0.3) is 0 Å². The van der Waals surface area contributed by atoms with Crippen LogP contribution in [0.1, 0.15) is 48.1 Å². The molecule has 0 radical (unpaired) electrons. The van der Waals surface area contributed by atoms with Crippen molar-refractivity contribution in [2.75, 3.05) is 0 Å². The molecule has 0 spiro atoms. The molecule has 6 heteroatoms. The van der Waals surface area contributed by atoms with E-state index in [2.05, 4.69) is 11.4 Å². The van der Waals surface area contributed by atoms with Gasteiger partial charge in [-0.2, -0.15) is 0 Å². The lowest BCUT2D eigenvalue weighted by Crippen LogP contribution is -2.52. The Labute approximate surface area is 224 Å². The van der Waals surface area contributed by atoms with E-state index in [0.29, 0.717) is 22.0 Å². The highest BCUT2D eigenvalue weighted by molar-refractivity contribution is 6.36. The van der Waals surface area contributed by atoms with Crippen molar-refractivity contribution in [3.05, 3.63) is 105 Å². The Morgan fingerprint density at radius 1 is 0.889 bits per heavy atom. The normalized spacial score (nSPS) is 12.6. The average molecular weight is 526 g/mol. The van der Waals surface area contributed by atoms with Gasteiger partial charge in [0.15, 0.2) is 0 Å². The van der Waals surface area contributed by atoms with Gasteiger partial charge < -0.3 is 10.2 Å². The van der Waals surface area contributed by atoms with Gasteiger partial charge in [-0.25, -0.2) is 0 Å². The smallest absolute Gasteiger partial charge is 0.243 e. The lowest BCUT2D eigenvalue weighted by molar-refractivity contribution is -0.141. The van der Waals surface area contributed by atoms with E-state index in [1.54, 1.807) is 23.1 Å². The molecular formula is C30H34Cl2N2O2. The van der Waals surface area contributed by atoms with Crippen LogP contribution in [0.5, 0.6) is 0 Å². The minimum Gasteiger partial charge on any atom is -0.352 e. The van der Waals surface area contributed by atoms with Crippen molar-refractivity contribution in [2.45, 2.75) is 65.6 Å². The quantitative estimate of drug-likeness (QED) is 0.320. The first-order chi connectivity index (χ1) is 17.2. The molecule has 2 atom stereocenters. The second kappa shape index (κ2) is 12.9. The fourth-order valence-corrected chi connectivity index (χ4v) is 4.81. The van der Waals surface area contributed by atoms with Gasteiger partial charge in [-0.1, -0.05) is 95.8 Å². The maximum Gasteiger partial charge on any atom is 0.243 e. The van der Waals surface area contributed by atoms with Crippen molar-refractivity contribution in [3.8, 4) is 0 Å². The summed E-state index contributed by atoms with van der Waals surface area (Å²) in [4.78, 5) is 29.2. The first-order valence-corrected chi connectivity index (χ1v) is 13.1. The molecule has 0 unspecified atom stereocenters. The summed E-state index contributed by atoms with van der Waals surface area (Å²) in [5, 5.41) is 4.01. The van der Waals surface area contributed by atoms with E-state index >= 15 is 0 Å². The lowest BCUT2D eigenvalue weighted by Gasteiger charge is -2.33. The Bertz CT molecular complexity index is 1160. The molecular weight excluding hydrogens is 491 g/mol. The molecule has 0 fully saturated rings. The number of benzene rings is 3. The SMILES string of the molecule is CC[C@@H](C)NC(=O)[C@@H](Cc1ccccc1)N(Cc1c(Cl)cccc1Cl)C(=O)Cc1cc(C)cc(C)c1. The van der Waals surface area contributed by atoms with Gasteiger partial charge in [0.2, 0.25) is 11.8 Å². The molecule has 4 nitrogen and oxygen atoms in total. The van der Waals surface area contributed by atoms with Crippen LogP contribution in [0.15, 0.2) is 66.7 Å². The number of carbonyl (C=O) groups is 2. The van der Waals surface area contributed by atoms with Crippen molar-refractivity contribution in [1.82, 2.24) is 10.2 Å². The van der Waals surface area contributed by atoms with E-state index in [0.717, 1.165) is 28.7 Å². The molecule has 0 aliphatic rings. The zero-order valence-corrected chi connectivity index (χ0v) is 22.9. The number of hydrogen-bond donors (Lipinski definition) is 1. The highest BCUT2D eigenvalue weighted by atomic mass is 35.5. The molecule has 36 heavy (non-hydrogen) atoms. The Balaban J connectivity index is 2.04. The summed E-state index contributed by atoms with van der Waals surface area (Å²) in [6.45, 7) is 8.14. The highest BCUT2D eigenvalue weighted by Crippen LogP contribution is 2.28. The molecule has 3 aromatic rings. The van der Waals surface area contributed by atoms with E-state index in [1.807, 2.05) is 70.2 Å². The zero-order chi connectivity index (χ0) is 26.2. The molecule has 0 aliphatic heterocycles. The van der Waals surface area contributed by atoms with E-state index < -0.39 is 6.04 Å². The third-order valence-electron chi connectivity index (χ3n) is 6.30. The molecule has 1 N–H and O–H groups in total. The molecule has 3 rings (SSSR count). The fraction of sp³-hybridized carbons (Fsp3) is 0.333. The molecule has 0 bridgehead atoms. The summed E-state index contributed by atoms with van der Waals surface area (Å²) >= 11 is 13.0. The van der Waals surface area contributed by atoms with Crippen LogP contribution in [0, 0.1) is 13.8 Å². The van der Waals surface area contributed by atoms with Crippen molar-refractivity contribution in [1.29, 1.82) is 0 Å². The molecule has 3 aromatic carbocycles. The van der Waals surface area contributed by atoms with Gasteiger partial charge in [0.05, 0.1) is 6.42 Å². The van der Waals surface area contributed by atoms with Crippen LogP contribution in [0.2, 0.25) is 10.0 Å². The molecule has 0 aromatic heterocycles. The fourth-order valence-electron chi connectivity index (χ4n) is 4.30. The zero-order valence-electron chi connectivity index (χ0n) is 21.4. The average Bonchev–Trinajstić information content (AvgIpc) is 2.82. The summed E-state index contributed by atoms with van der Waals surface area (Å²) in [5.41, 5.74) is 4.69. The lowest BCUT2D eigenvalue weighted by atomic mass is 10.00. The van der Waals surface area contributed by atoms with Crippen molar-refractivity contribution >= 4 is 35.0 Å². The van der Waals surface area contributed by atoms with Crippen LogP contribution in [0.3, 0.4) is 0 Å². The summed E-state index contributed by atoms with van der Waals surface area (Å²) in [5.74, 6) is -0.346. The maximum atomic E-state index is 13.9. The van der Waals surface area contributed by atoms with E-state index in [1.165, 1.54) is 0 Å². The number of nitrogens with zero attached hydrogens (tertiary/aromatic N) is 1. The molecule has 0 saturated carbocycles. The van der Waals surface area contributed by atoms with Crippen LogP contribution in [-0.2, 0) is 29.0 Å². The minimum absolute atomic E-state index is 0.0175. The number of rotatable bonds is 10.